The van der Waals surface area contributed by atoms with Crippen LogP contribution in [-0.4, -0.2) is 15.8 Å². The molecule has 2 aromatic carbocycles. The van der Waals surface area contributed by atoms with Crippen LogP contribution >= 0.6 is 15.9 Å². The summed E-state index contributed by atoms with van der Waals surface area (Å²) in [6.45, 7) is 0.371. The molecule has 0 fully saturated rings. The molecule has 5 rings (SSSR count). The number of hydrogen-bond donors (Lipinski definition) is 0. The largest absolute Gasteiger partial charge is 0.450 e. The molecule has 1 aliphatic heterocycles. The van der Waals surface area contributed by atoms with Crippen LogP contribution in [0, 0.1) is 0 Å². The lowest BCUT2D eigenvalue weighted by atomic mass is 9.99. The Morgan fingerprint density at radius 3 is 2.52 bits per heavy atom. The Morgan fingerprint density at radius 1 is 1.00 bits per heavy atom. The zero-order chi connectivity index (χ0) is 20.0. The van der Waals surface area contributed by atoms with Crippen LogP contribution in [0.3, 0.4) is 0 Å². The first-order valence-corrected chi connectivity index (χ1v) is 9.94. The Bertz CT molecular complexity index is 1290. The van der Waals surface area contributed by atoms with Crippen LogP contribution in [0.4, 0.5) is 0 Å². The predicted octanol–water partition coefficient (Wildman–Crippen LogP) is 4.70. The number of hydrogen-bond acceptors (Lipinski definition) is 4. The standard InChI is InChI=1S/C23H15BrN2O3/c24-16-6-7-18-17(12-16)21(27)19-20(15-8-10-25-11-9-15)26(23(28)22(19)29-18)13-14-4-2-1-3-5-14/h1-12,20H,13H2/t20-/m0/s1. The molecule has 1 amide bonds. The van der Waals surface area contributed by atoms with Gasteiger partial charge < -0.3 is 9.32 Å². The van der Waals surface area contributed by atoms with E-state index in [1.54, 1.807) is 35.5 Å². The van der Waals surface area contributed by atoms with Gasteiger partial charge >= 0.3 is 0 Å². The SMILES string of the molecule is O=C1c2oc3ccc(Br)cc3c(=O)c2[C@H](c2ccncc2)N1Cc1ccccc1. The average Bonchev–Trinajstić information content (AvgIpc) is 3.02. The molecule has 5 nitrogen and oxygen atoms in total. The van der Waals surface area contributed by atoms with E-state index in [0.717, 1.165) is 15.6 Å². The number of halogens is 1. The molecule has 0 spiro atoms. The summed E-state index contributed by atoms with van der Waals surface area (Å²) >= 11 is 3.41. The summed E-state index contributed by atoms with van der Waals surface area (Å²) in [5, 5.41) is 0.451. The molecular weight excluding hydrogens is 432 g/mol. The van der Waals surface area contributed by atoms with E-state index in [-0.39, 0.29) is 17.1 Å². The zero-order valence-electron chi connectivity index (χ0n) is 15.2. The van der Waals surface area contributed by atoms with E-state index in [2.05, 4.69) is 20.9 Å². The third-order valence-electron chi connectivity index (χ3n) is 5.15. The minimum atomic E-state index is -0.527. The maximum Gasteiger partial charge on any atom is 0.291 e. The van der Waals surface area contributed by atoms with Crippen LogP contribution in [0.1, 0.15) is 33.3 Å². The molecular formula is C23H15BrN2O3. The average molecular weight is 447 g/mol. The fourth-order valence-electron chi connectivity index (χ4n) is 3.83. The highest BCUT2D eigenvalue weighted by Crippen LogP contribution is 2.39. The fraction of sp³-hybridized carbons (Fsp3) is 0.0870. The second-order valence-electron chi connectivity index (χ2n) is 6.92. The number of aromatic nitrogens is 1. The zero-order valence-corrected chi connectivity index (χ0v) is 16.8. The van der Waals surface area contributed by atoms with Gasteiger partial charge in [-0.05, 0) is 41.5 Å². The summed E-state index contributed by atoms with van der Waals surface area (Å²) in [5.41, 5.74) is 2.40. The van der Waals surface area contributed by atoms with Crippen LogP contribution in [0.15, 0.2) is 86.7 Å². The number of nitrogens with zero attached hydrogens (tertiary/aromatic N) is 2. The number of benzene rings is 2. The topological polar surface area (TPSA) is 63.4 Å². The molecule has 0 saturated heterocycles. The lowest BCUT2D eigenvalue weighted by Crippen LogP contribution is -2.29. The Kier molecular flexibility index (Phi) is 4.28. The molecule has 4 aromatic rings. The summed E-state index contributed by atoms with van der Waals surface area (Å²) in [6.07, 6.45) is 3.33. The van der Waals surface area contributed by atoms with E-state index in [0.29, 0.717) is 23.1 Å². The van der Waals surface area contributed by atoms with Crippen molar-refractivity contribution in [3.8, 4) is 0 Å². The highest BCUT2D eigenvalue weighted by Gasteiger charge is 2.42. The molecule has 0 radical (unpaired) electrons. The van der Waals surface area contributed by atoms with Crippen molar-refractivity contribution in [1.82, 2.24) is 9.88 Å². The number of carbonyl (C=O) groups is 1. The number of amides is 1. The molecule has 0 N–H and O–H groups in total. The molecule has 0 aliphatic carbocycles. The summed E-state index contributed by atoms with van der Waals surface area (Å²) in [6, 6.07) is 18.1. The van der Waals surface area contributed by atoms with Crippen molar-refractivity contribution in [3.63, 3.8) is 0 Å². The van der Waals surface area contributed by atoms with Gasteiger partial charge in [-0.2, -0.15) is 0 Å². The van der Waals surface area contributed by atoms with Crippen molar-refractivity contribution >= 4 is 32.8 Å². The Labute approximate surface area is 174 Å². The summed E-state index contributed by atoms with van der Waals surface area (Å²) < 4.78 is 6.73. The van der Waals surface area contributed by atoms with Crippen molar-refractivity contribution in [2.45, 2.75) is 12.6 Å². The van der Waals surface area contributed by atoms with E-state index in [1.165, 1.54) is 0 Å². The minimum Gasteiger partial charge on any atom is -0.450 e. The van der Waals surface area contributed by atoms with Gasteiger partial charge in [0.2, 0.25) is 5.76 Å². The molecule has 2 aromatic heterocycles. The Morgan fingerprint density at radius 2 is 1.76 bits per heavy atom. The molecule has 0 bridgehead atoms. The van der Waals surface area contributed by atoms with Gasteiger partial charge in [-0.1, -0.05) is 46.3 Å². The van der Waals surface area contributed by atoms with E-state index < -0.39 is 6.04 Å². The molecule has 142 valence electrons. The van der Waals surface area contributed by atoms with Gasteiger partial charge in [0.1, 0.15) is 5.58 Å². The van der Waals surface area contributed by atoms with E-state index >= 15 is 0 Å². The van der Waals surface area contributed by atoms with Gasteiger partial charge in [-0.25, -0.2) is 0 Å². The first-order chi connectivity index (χ1) is 14.1. The Balaban J connectivity index is 1.74. The van der Waals surface area contributed by atoms with E-state index in [9.17, 15) is 9.59 Å². The number of pyridine rings is 1. The van der Waals surface area contributed by atoms with Crippen LogP contribution in [0.2, 0.25) is 0 Å². The quantitative estimate of drug-likeness (QED) is 0.457. The first kappa shape index (κ1) is 17.8. The lowest BCUT2D eigenvalue weighted by molar-refractivity contribution is 0.0714. The maximum absolute atomic E-state index is 13.4. The van der Waals surface area contributed by atoms with Crippen LogP contribution in [0.5, 0.6) is 0 Å². The normalized spacial score (nSPS) is 15.7. The van der Waals surface area contributed by atoms with Crippen LogP contribution < -0.4 is 5.43 Å². The summed E-state index contributed by atoms with van der Waals surface area (Å²) in [4.78, 5) is 32.5. The fourth-order valence-corrected chi connectivity index (χ4v) is 4.19. The highest BCUT2D eigenvalue weighted by molar-refractivity contribution is 9.10. The molecule has 1 aliphatic rings. The van der Waals surface area contributed by atoms with Gasteiger partial charge in [0.15, 0.2) is 5.43 Å². The van der Waals surface area contributed by atoms with Crippen molar-refractivity contribution in [2.24, 2.45) is 0 Å². The van der Waals surface area contributed by atoms with Crippen LogP contribution in [-0.2, 0) is 6.54 Å². The number of fused-ring (bicyclic) bond motifs is 2. The van der Waals surface area contributed by atoms with Crippen molar-refractivity contribution in [1.29, 1.82) is 0 Å². The van der Waals surface area contributed by atoms with Gasteiger partial charge in [0, 0.05) is 23.4 Å². The smallest absolute Gasteiger partial charge is 0.291 e. The molecule has 0 unspecified atom stereocenters. The second-order valence-corrected chi connectivity index (χ2v) is 7.83. The minimum absolute atomic E-state index is 0.113. The maximum atomic E-state index is 13.4. The van der Waals surface area contributed by atoms with Gasteiger partial charge in [-0.3, -0.25) is 14.6 Å². The lowest BCUT2D eigenvalue weighted by Gasteiger charge is -2.25. The molecule has 29 heavy (non-hydrogen) atoms. The molecule has 6 heteroatoms. The van der Waals surface area contributed by atoms with Gasteiger partial charge in [0.05, 0.1) is 17.0 Å². The predicted molar refractivity (Wildman–Crippen MR) is 113 cm³/mol. The van der Waals surface area contributed by atoms with Gasteiger partial charge in [-0.15, -0.1) is 0 Å². The van der Waals surface area contributed by atoms with Crippen LogP contribution in [0.25, 0.3) is 11.0 Å². The van der Waals surface area contributed by atoms with Crippen molar-refractivity contribution in [3.05, 3.63) is 110 Å². The van der Waals surface area contributed by atoms with Crippen molar-refractivity contribution in [2.75, 3.05) is 0 Å². The molecule has 3 heterocycles. The van der Waals surface area contributed by atoms with Crippen molar-refractivity contribution < 1.29 is 9.21 Å². The van der Waals surface area contributed by atoms with E-state index in [1.807, 2.05) is 42.5 Å². The summed E-state index contributed by atoms with van der Waals surface area (Å²) in [5.74, 6) is -0.171. The Hall–Kier alpha value is -3.25. The number of carbonyl (C=O) groups excluding carboxylic acids is 1. The van der Waals surface area contributed by atoms with Gasteiger partial charge in [0.25, 0.3) is 5.91 Å². The third kappa shape index (κ3) is 2.96. The summed E-state index contributed by atoms with van der Waals surface area (Å²) in [7, 11) is 0. The third-order valence-corrected chi connectivity index (χ3v) is 5.64. The number of rotatable bonds is 3. The molecule has 1 atom stereocenters. The monoisotopic (exact) mass is 446 g/mol. The molecule has 0 saturated carbocycles. The van der Waals surface area contributed by atoms with E-state index in [4.69, 9.17) is 4.42 Å². The first-order valence-electron chi connectivity index (χ1n) is 9.14. The second kappa shape index (κ2) is 6.97. The highest BCUT2D eigenvalue weighted by atomic mass is 79.9.